The van der Waals surface area contributed by atoms with Crippen molar-refractivity contribution in [3.63, 3.8) is 0 Å². The number of carbonyl (C=O) groups is 1. The van der Waals surface area contributed by atoms with Crippen LogP contribution in [0.25, 0.3) is 11.1 Å². The number of benzene rings is 2. The summed E-state index contributed by atoms with van der Waals surface area (Å²) in [5.74, 6) is -0.567. The Balaban J connectivity index is 1.56. The lowest BCUT2D eigenvalue weighted by Crippen LogP contribution is -2.51. The van der Waals surface area contributed by atoms with Crippen molar-refractivity contribution in [1.29, 1.82) is 0 Å². The third-order valence-electron chi connectivity index (χ3n) is 6.01. The minimum Gasteiger partial charge on any atom is -0.444 e. The molecular formula is C27H31FN4O5S. The first-order valence-electron chi connectivity index (χ1n) is 12.3. The fraction of sp³-hybridized carbons (Fsp3) is 0.370. The van der Waals surface area contributed by atoms with Crippen LogP contribution in [0.5, 0.6) is 0 Å². The van der Waals surface area contributed by atoms with Crippen molar-refractivity contribution >= 4 is 27.8 Å². The molecule has 1 fully saturated rings. The quantitative estimate of drug-likeness (QED) is 0.369. The fourth-order valence-corrected chi connectivity index (χ4v) is 5.16. The molecule has 38 heavy (non-hydrogen) atoms. The van der Waals surface area contributed by atoms with Gasteiger partial charge in [0.1, 0.15) is 11.4 Å². The third kappa shape index (κ3) is 6.97. The zero-order valence-corrected chi connectivity index (χ0v) is 22.6. The van der Waals surface area contributed by atoms with E-state index in [1.165, 1.54) is 6.07 Å². The Labute approximate surface area is 221 Å². The van der Waals surface area contributed by atoms with Crippen molar-refractivity contribution in [2.45, 2.75) is 39.2 Å². The molecule has 9 nitrogen and oxygen atoms in total. The van der Waals surface area contributed by atoms with Gasteiger partial charge < -0.3 is 14.2 Å². The van der Waals surface area contributed by atoms with Gasteiger partial charge >= 0.3 is 6.09 Å². The van der Waals surface area contributed by atoms with Crippen LogP contribution >= 0.6 is 0 Å². The third-order valence-corrected chi connectivity index (χ3v) is 7.62. The summed E-state index contributed by atoms with van der Waals surface area (Å²) in [7, 11) is -3.15. The van der Waals surface area contributed by atoms with E-state index in [0.717, 1.165) is 5.56 Å². The summed E-state index contributed by atoms with van der Waals surface area (Å²) in [4.78, 5) is 18.5. The van der Waals surface area contributed by atoms with Crippen molar-refractivity contribution in [1.82, 2.24) is 15.4 Å². The molecule has 0 spiro atoms. The highest BCUT2D eigenvalue weighted by Gasteiger charge is 2.27. The molecule has 1 aliphatic heterocycles. The smallest absolute Gasteiger partial charge is 0.414 e. The summed E-state index contributed by atoms with van der Waals surface area (Å²) in [6, 6.07) is 16.0. The average molecular weight is 543 g/mol. The zero-order valence-electron chi connectivity index (χ0n) is 21.8. The van der Waals surface area contributed by atoms with Gasteiger partial charge in [-0.05, 0) is 38.0 Å². The summed E-state index contributed by atoms with van der Waals surface area (Å²) < 4.78 is 49.4. The van der Waals surface area contributed by atoms with E-state index < -0.39 is 21.5 Å². The number of carbonyl (C=O) groups excluding carboxylic acids is 1. The summed E-state index contributed by atoms with van der Waals surface area (Å²) >= 11 is 0. The molecule has 2 aromatic carbocycles. The minimum absolute atomic E-state index is 0.0642. The molecule has 0 saturated carbocycles. The standard InChI is InChI=1S/C27H31FN4O5S/c1-18(20-10-11-21(22(28)16-20)19-8-6-5-7-9-19)23-17-24(37-31-23)29-25(30-26(33)36-27(2,3)4)32-12-14-38(34,35)15-13-32/h5-11,16-18H,12-15H2,1-4H3,(H,29,30,33). The molecule has 1 aromatic heterocycles. The van der Waals surface area contributed by atoms with E-state index in [-0.39, 0.29) is 48.2 Å². The van der Waals surface area contributed by atoms with Crippen molar-refractivity contribution in [3.05, 3.63) is 71.7 Å². The molecule has 0 bridgehead atoms. The maximum Gasteiger partial charge on any atom is 0.414 e. The second kappa shape index (κ2) is 10.9. The van der Waals surface area contributed by atoms with Crippen molar-refractivity contribution in [3.8, 4) is 11.1 Å². The van der Waals surface area contributed by atoms with Crippen LogP contribution in [0.3, 0.4) is 0 Å². The molecule has 3 aromatic rings. The largest absolute Gasteiger partial charge is 0.444 e. The molecule has 2 heterocycles. The molecule has 1 amide bonds. The summed E-state index contributed by atoms with van der Waals surface area (Å²) in [5, 5.41) is 6.70. The Bertz CT molecular complexity index is 1420. The van der Waals surface area contributed by atoms with Crippen molar-refractivity contribution in [2.75, 3.05) is 24.6 Å². The van der Waals surface area contributed by atoms with Gasteiger partial charge in [0, 0.05) is 30.6 Å². The Morgan fingerprint density at radius 2 is 1.82 bits per heavy atom. The topological polar surface area (TPSA) is 114 Å². The van der Waals surface area contributed by atoms with E-state index >= 15 is 0 Å². The number of guanidine groups is 1. The molecule has 1 atom stereocenters. The Hall–Kier alpha value is -3.73. The highest BCUT2D eigenvalue weighted by Crippen LogP contribution is 2.30. The van der Waals surface area contributed by atoms with Crippen LogP contribution in [0.2, 0.25) is 0 Å². The molecule has 11 heteroatoms. The number of nitrogens with zero attached hydrogens (tertiary/aromatic N) is 3. The Morgan fingerprint density at radius 3 is 2.45 bits per heavy atom. The monoisotopic (exact) mass is 542 g/mol. The summed E-state index contributed by atoms with van der Waals surface area (Å²) in [6.45, 7) is 7.38. The van der Waals surface area contributed by atoms with Crippen LogP contribution in [-0.4, -0.2) is 60.7 Å². The Kier molecular flexibility index (Phi) is 7.86. The number of rotatable bonds is 4. The number of hydrogen-bond acceptors (Lipinski definition) is 7. The van der Waals surface area contributed by atoms with Crippen LogP contribution in [-0.2, 0) is 14.6 Å². The van der Waals surface area contributed by atoms with E-state index in [9.17, 15) is 17.6 Å². The molecule has 1 N–H and O–H groups in total. The van der Waals surface area contributed by atoms with Crippen LogP contribution in [0, 0.1) is 5.82 Å². The van der Waals surface area contributed by atoms with Crippen LogP contribution in [0.15, 0.2) is 64.1 Å². The number of aliphatic imine (C=N–C) groups is 1. The van der Waals surface area contributed by atoms with Crippen molar-refractivity contribution in [2.24, 2.45) is 4.99 Å². The number of ether oxygens (including phenoxy) is 1. The maximum absolute atomic E-state index is 14.9. The SMILES string of the molecule is CC(c1ccc(-c2ccccc2)c(F)c1)c1cc(N=C(NC(=O)OC(C)(C)C)N2CCS(=O)(=O)CC2)on1. The summed E-state index contributed by atoms with van der Waals surface area (Å²) in [5.41, 5.74) is 1.79. The van der Waals surface area contributed by atoms with E-state index in [1.54, 1.807) is 37.8 Å². The van der Waals surface area contributed by atoms with Crippen molar-refractivity contribution < 1.29 is 26.9 Å². The van der Waals surface area contributed by atoms with E-state index in [1.807, 2.05) is 43.3 Å². The normalized spacial score (nSPS) is 16.7. The van der Waals surface area contributed by atoms with Gasteiger partial charge in [-0.2, -0.15) is 4.99 Å². The van der Waals surface area contributed by atoms with Gasteiger partial charge in [-0.25, -0.2) is 17.6 Å². The Morgan fingerprint density at radius 1 is 1.13 bits per heavy atom. The second-order valence-corrected chi connectivity index (χ2v) is 12.4. The lowest BCUT2D eigenvalue weighted by atomic mass is 9.95. The highest BCUT2D eigenvalue weighted by molar-refractivity contribution is 7.91. The molecule has 1 unspecified atom stereocenters. The predicted octanol–water partition coefficient (Wildman–Crippen LogP) is 4.88. The molecule has 0 aliphatic carbocycles. The number of aromatic nitrogens is 1. The summed E-state index contributed by atoms with van der Waals surface area (Å²) in [6.07, 6.45) is -0.730. The fourth-order valence-electron chi connectivity index (χ4n) is 3.96. The van der Waals surface area contributed by atoms with Gasteiger partial charge in [-0.1, -0.05) is 54.5 Å². The van der Waals surface area contributed by atoms with Gasteiger partial charge in [-0.15, -0.1) is 0 Å². The van der Waals surface area contributed by atoms with Gasteiger partial charge in [0.15, 0.2) is 9.84 Å². The molecule has 1 saturated heterocycles. The molecule has 4 rings (SSSR count). The number of alkyl carbamates (subject to hydrolysis) is 1. The van der Waals surface area contributed by atoms with Gasteiger partial charge in [-0.3, -0.25) is 5.32 Å². The maximum atomic E-state index is 14.9. The zero-order chi connectivity index (χ0) is 27.5. The van der Waals surface area contributed by atoms with Gasteiger partial charge in [0.25, 0.3) is 5.88 Å². The van der Waals surface area contributed by atoms with Crippen LogP contribution < -0.4 is 5.32 Å². The molecule has 1 aliphatic rings. The minimum atomic E-state index is -3.15. The lowest BCUT2D eigenvalue weighted by Gasteiger charge is -2.30. The first-order valence-corrected chi connectivity index (χ1v) is 14.1. The second-order valence-electron chi connectivity index (χ2n) is 10.1. The number of nitrogens with one attached hydrogen (secondary N) is 1. The number of sulfone groups is 1. The van der Waals surface area contributed by atoms with Crippen LogP contribution in [0.1, 0.15) is 44.9 Å². The lowest BCUT2D eigenvalue weighted by molar-refractivity contribution is 0.0556. The van der Waals surface area contributed by atoms with Gasteiger partial charge in [0.2, 0.25) is 5.96 Å². The van der Waals surface area contributed by atoms with Gasteiger partial charge in [0.05, 0.1) is 17.2 Å². The highest BCUT2D eigenvalue weighted by atomic mass is 32.2. The average Bonchev–Trinajstić information content (AvgIpc) is 3.31. The predicted molar refractivity (Wildman–Crippen MR) is 143 cm³/mol. The number of hydrogen-bond donors (Lipinski definition) is 1. The first kappa shape index (κ1) is 27.3. The molecule has 202 valence electrons. The molecular weight excluding hydrogens is 511 g/mol. The number of amides is 1. The number of halogens is 1. The molecule has 0 radical (unpaired) electrons. The van der Waals surface area contributed by atoms with E-state index in [2.05, 4.69) is 15.5 Å². The first-order chi connectivity index (χ1) is 17.9. The van der Waals surface area contributed by atoms with E-state index in [4.69, 9.17) is 9.26 Å². The van der Waals surface area contributed by atoms with Crippen LogP contribution in [0.4, 0.5) is 15.1 Å². The van der Waals surface area contributed by atoms with E-state index in [0.29, 0.717) is 16.8 Å².